The van der Waals surface area contributed by atoms with E-state index in [-0.39, 0.29) is 5.88 Å². The van der Waals surface area contributed by atoms with E-state index in [0.717, 1.165) is 5.32 Å². The number of hydrogen-bond acceptors (Lipinski definition) is 2. The molecule has 0 aliphatic carbocycles. The Morgan fingerprint density at radius 3 is 2.27 bits per heavy atom. The first-order valence-electron chi connectivity index (χ1n) is 3.66. The maximum atomic E-state index is 9.09. The molecule has 0 atom stereocenters. The first kappa shape index (κ1) is 8.27. The van der Waals surface area contributed by atoms with Gasteiger partial charge in [-0.1, -0.05) is 25.7 Å². The van der Waals surface area contributed by atoms with Crippen molar-refractivity contribution in [3.8, 4) is 5.88 Å². The topological polar surface area (TPSA) is 33.1 Å². The summed E-state index contributed by atoms with van der Waals surface area (Å²) in [5.41, 5.74) is 0. The van der Waals surface area contributed by atoms with E-state index in [1.807, 2.05) is 12.1 Å². The number of rotatable bonds is 1. The minimum atomic E-state index is -1.34. The third kappa shape index (κ3) is 2.05. The van der Waals surface area contributed by atoms with Crippen LogP contribution in [0.25, 0.3) is 0 Å². The van der Waals surface area contributed by atoms with Gasteiger partial charge in [0.2, 0.25) is 5.88 Å². The molecule has 0 aromatic carbocycles. The van der Waals surface area contributed by atoms with Crippen molar-refractivity contribution in [2.45, 2.75) is 19.6 Å². The predicted octanol–water partition coefficient (Wildman–Crippen LogP) is 1.33. The van der Waals surface area contributed by atoms with E-state index in [2.05, 4.69) is 24.6 Å². The Balaban J connectivity index is 3.06. The van der Waals surface area contributed by atoms with E-state index in [1.54, 1.807) is 6.07 Å². The van der Waals surface area contributed by atoms with Crippen LogP contribution in [0.5, 0.6) is 5.88 Å². The summed E-state index contributed by atoms with van der Waals surface area (Å²) in [6, 6.07) is 5.42. The SMILES string of the molecule is C[Si](C)(C)c1cccc(O)n1. The maximum Gasteiger partial charge on any atom is 0.210 e. The van der Waals surface area contributed by atoms with Gasteiger partial charge in [0.15, 0.2) is 0 Å². The highest BCUT2D eigenvalue weighted by Gasteiger charge is 2.17. The highest BCUT2D eigenvalue weighted by atomic mass is 28.3. The fourth-order valence-corrected chi connectivity index (χ4v) is 1.89. The molecule has 0 saturated heterocycles. The van der Waals surface area contributed by atoms with E-state index < -0.39 is 8.07 Å². The molecule has 0 saturated carbocycles. The number of pyridine rings is 1. The monoisotopic (exact) mass is 167 g/mol. The quantitative estimate of drug-likeness (QED) is 0.640. The van der Waals surface area contributed by atoms with Crippen molar-refractivity contribution < 1.29 is 5.11 Å². The molecule has 1 heterocycles. The highest BCUT2D eigenvalue weighted by molar-refractivity contribution is 6.88. The van der Waals surface area contributed by atoms with E-state index in [1.165, 1.54) is 0 Å². The third-order valence-electron chi connectivity index (χ3n) is 1.50. The van der Waals surface area contributed by atoms with Gasteiger partial charge < -0.3 is 5.11 Å². The Bertz CT molecular complexity index is 255. The number of aromatic nitrogens is 1. The zero-order valence-electron chi connectivity index (χ0n) is 7.13. The molecule has 2 nitrogen and oxygen atoms in total. The molecule has 11 heavy (non-hydrogen) atoms. The van der Waals surface area contributed by atoms with Gasteiger partial charge in [-0.2, -0.15) is 0 Å². The zero-order chi connectivity index (χ0) is 8.48. The Morgan fingerprint density at radius 2 is 1.91 bits per heavy atom. The van der Waals surface area contributed by atoms with Gasteiger partial charge in [-0.15, -0.1) is 0 Å². The fraction of sp³-hybridized carbons (Fsp3) is 0.375. The van der Waals surface area contributed by atoms with Crippen LogP contribution in [-0.4, -0.2) is 18.2 Å². The number of nitrogens with zero attached hydrogens (tertiary/aromatic N) is 1. The van der Waals surface area contributed by atoms with Crippen LogP contribution < -0.4 is 5.32 Å². The van der Waals surface area contributed by atoms with Gasteiger partial charge in [-0.3, -0.25) is 0 Å². The second-order valence-corrected chi connectivity index (χ2v) is 8.64. The lowest BCUT2D eigenvalue weighted by Gasteiger charge is -2.14. The van der Waals surface area contributed by atoms with Crippen molar-refractivity contribution in [3.05, 3.63) is 18.2 Å². The van der Waals surface area contributed by atoms with E-state index in [9.17, 15) is 0 Å². The molecule has 1 N–H and O–H groups in total. The summed E-state index contributed by atoms with van der Waals surface area (Å²) in [6.07, 6.45) is 0. The van der Waals surface area contributed by atoms with Crippen LogP contribution in [0.3, 0.4) is 0 Å². The predicted molar refractivity (Wildman–Crippen MR) is 48.9 cm³/mol. The molecule has 0 unspecified atom stereocenters. The molecule has 1 rings (SSSR count). The summed E-state index contributed by atoms with van der Waals surface area (Å²) in [4.78, 5) is 4.06. The summed E-state index contributed by atoms with van der Waals surface area (Å²) in [5, 5.41) is 10.1. The van der Waals surface area contributed by atoms with Gasteiger partial charge in [-0.05, 0) is 6.07 Å². The number of aromatic hydroxyl groups is 1. The van der Waals surface area contributed by atoms with Gasteiger partial charge in [-0.25, -0.2) is 4.98 Å². The Morgan fingerprint density at radius 1 is 1.27 bits per heavy atom. The molecule has 0 fully saturated rings. The lowest BCUT2D eigenvalue weighted by atomic mass is 10.5. The molecule has 0 aliphatic rings. The third-order valence-corrected chi connectivity index (χ3v) is 3.32. The van der Waals surface area contributed by atoms with Crippen molar-refractivity contribution in [1.29, 1.82) is 0 Å². The number of hydrogen-bond donors (Lipinski definition) is 1. The molecule has 0 amide bonds. The minimum absolute atomic E-state index is 0.130. The summed E-state index contributed by atoms with van der Waals surface area (Å²) in [6.45, 7) is 6.61. The summed E-state index contributed by atoms with van der Waals surface area (Å²) in [5.74, 6) is 0.130. The first-order chi connectivity index (χ1) is 5.00. The molecule has 0 aliphatic heterocycles. The van der Waals surface area contributed by atoms with Crippen molar-refractivity contribution in [3.63, 3.8) is 0 Å². The molecule has 60 valence electrons. The highest BCUT2D eigenvalue weighted by Crippen LogP contribution is 2.04. The average molecular weight is 167 g/mol. The first-order valence-corrected chi connectivity index (χ1v) is 7.16. The Kier molecular flexibility index (Phi) is 2.00. The molecule has 1 aromatic rings. The van der Waals surface area contributed by atoms with E-state index in [0.29, 0.717) is 0 Å². The van der Waals surface area contributed by atoms with Crippen LogP contribution in [0.15, 0.2) is 18.2 Å². The van der Waals surface area contributed by atoms with Crippen molar-refractivity contribution >= 4 is 13.4 Å². The Hall–Kier alpha value is -0.833. The van der Waals surface area contributed by atoms with Crippen LogP contribution in [0.1, 0.15) is 0 Å². The van der Waals surface area contributed by atoms with Crippen LogP contribution in [-0.2, 0) is 0 Å². The molecular weight excluding hydrogens is 154 g/mol. The van der Waals surface area contributed by atoms with Crippen molar-refractivity contribution in [2.24, 2.45) is 0 Å². The van der Waals surface area contributed by atoms with E-state index in [4.69, 9.17) is 5.11 Å². The summed E-state index contributed by atoms with van der Waals surface area (Å²) >= 11 is 0. The van der Waals surface area contributed by atoms with Crippen LogP contribution >= 0.6 is 0 Å². The van der Waals surface area contributed by atoms with Gasteiger partial charge >= 0.3 is 0 Å². The van der Waals surface area contributed by atoms with Gasteiger partial charge in [0.25, 0.3) is 0 Å². The largest absolute Gasteiger partial charge is 0.493 e. The molecule has 3 heteroatoms. The lowest BCUT2D eigenvalue weighted by Crippen LogP contribution is -2.39. The maximum absolute atomic E-state index is 9.09. The molecule has 1 aromatic heterocycles. The normalized spacial score (nSPS) is 11.5. The zero-order valence-corrected chi connectivity index (χ0v) is 8.13. The second-order valence-electron chi connectivity index (χ2n) is 3.63. The van der Waals surface area contributed by atoms with Crippen molar-refractivity contribution in [1.82, 2.24) is 4.98 Å². The molecule has 0 radical (unpaired) electrons. The average Bonchev–Trinajstić information content (AvgIpc) is 1.86. The van der Waals surface area contributed by atoms with Gasteiger partial charge in [0.05, 0.1) is 0 Å². The Labute approximate surface area is 67.9 Å². The molecule has 0 bridgehead atoms. The summed E-state index contributed by atoms with van der Waals surface area (Å²) < 4.78 is 0. The second kappa shape index (κ2) is 2.66. The van der Waals surface area contributed by atoms with Crippen LogP contribution in [0, 0.1) is 0 Å². The van der Waals surface area contributed by atoms with E-state index >= 15 is 0 Å². The summed E-state index contributed by atoms with van der Waals surface area (Å²) in [7, 11) is -1.34. The standard InChI is InChI=1S/C8H13NOSi/c1-11(2,3)8-6-4-5-7(10)9-8/h4-6H,1-3H3,(H,9,10). The fourth-order valence-electron chi connectivity index (χ4n) is 0.841. The van der Waals surface area contributed by atoms with Crippen molar-refractivity contribution in [2.75, 3.05) is 0 Å². The molecular formula is C8H13NOSi. The van der Waals surface area contributed by atoms with Crippen LogP contribution in [0.2, 0.25) is 19.6 Å². The van der Waals surface area contributed by atoms with Gasteiger partial charge in [0.1, 0.15) is 8.07 Å². The molecule has 0 spiro atoms. The smallest absolute Gasteiger partial charge is 0.210 e. The van der Waals surface area contributed by atoms with Gasteiger partial charge in [0, 0.05) is 11.4 Å². The van der Waals surface area contributed by atoms with Crippen LogP contribution in [0.4, 0.5) is 0 Å². The minimum Gasteiger partial charge on any atom is -0.493 e. The lowest BCUT2D eigenvalue weighted by molar-refractivity contribution is 0.455.